The molecule has 0 saturated carbocycles. The van der Waals surface area contributed by atoms with E-state index in [-0.39, 0.29) is 6.61 Å². The summed E-state index contributed by atoms with van der Waals surface area (Å²) in [6, 6.07) is 5.29. The molecular weight excluding hydrogens is 244 g/mol. The van der Waals surface area contributed by atoms with Gasteiger partial charge < -0.3 is 9.84 Å². The van der Waals surface area contributed by atoms with Gasteiger partial charge in [-0.15, -0.1) is 0 Å². The maximum absolute atomic E-state index is 10.8. The molecule has 0 heterocycles. The van der Waals surface area contributed by atoms with Gasteiger partial charge >= 0.3 is 0 Å². The van der Waals surface area contributed by atoms with Gasteiger partial charge in [0.15, 0.2) is 0 Å². The van der Waals surface area contributed by atoms with E-state index >= 15 is 0 Å². The molecule has 0 aromatic heterocycles. The van der Waals surface area contributed by atoms with E-state index in [0.29, 0.717) is 11.3 Å². The summed E-state index contributed by atoms with van der Waals surface area (Å²) in [4.78, 5) is 0. The molecule has 1 atom stereocenters. The van der Waals surface area contributed by atoms with Crippen LogP contribution in [0.4, 0.5) is 0 Å². The third kappa shape index (κ3) is 4.33. The summed E-state index contributed by atoms with van der Waals surface area (Å²) in [6.45, 7) is 1.55. The van der Waals surface area contributed by atoms with Crippen LogP contribution < -0.4 is 4.74 Å². The molecule has 6 heteroatoms. The summed E-state index contributed by atoms with van der Waals surface area (Å²) < 4.78 is 31.3. The molecule has 0 saturated heterocycles. The third-order valence-electron chi connectivity index (χ3n) is 2.18. The van der Waals surface area contributed by atoms with Crippen LogP contribution in [0.15, 0.2) is 18.2 Å². The summed E-state index contributed by atoms with van der Waals surface area (Å²) in [5.74, 6) is 0.500. The van der Waals surface area contributed by atoms with Crippen LogP contribution in [0.25, 0.3) is 0 Å². The van der Waals surface area contributed by atoms with Gasteiger partial charge in [0.05, 0.1) is 20.0 Å². The minimum atomic E-state index is -3.56. The topological polar surface area (TPSA) is 72.8 Å². The van der Waals surface area contributed by atoms with Crippen molar-refractivity contribution < 1.29 is 22.4 Å². The van der Waals surface area contributed by atoms with E-state index in [9.17, 15) is 13.5 Å². The van der Waals surface area contributed by atoms with Crippen molar-refractivity contribution in [3.63, 3.8) is 0 Å². The Hall–Kier alpha value is -1.11. The highest BCUT2D eigenvalue weighted by atomic mass is 32.2. The molecule has 5 nitrogen and oxygen atoms in total. The third-order valence-corrected chi connectivity index (χ3v) is 2.75. The van der Waals surface area contributed by atoms with E-state index in [1.165, 1.54) is 7.11 Å². The fraction of sp³-hybridized carbons (Fsp3) is 0.455. The van der Waals surface area contributed by atoms with Crippen LogP contribution in [0.1, 0.15) is 17.2 Å². The molecular formula is C11H16O5S. The molecule has 0 aliphatic carbocycles. The van der Waals surface area contributed by atoms with Gasteiger partial charge in [0.1, 0.15) is 11.9 Å². The fourth-order valence-corrected chi connectivity index (χ4v) is 1.77. The molecule has 0 aliphatic rings. The number of rotatable bonds is 5. The lowest BCUT2D eigenvalue weighted by Gasteiger charge is -2.15. The van der Waals surface area contributed by atoms with Gasteiger partial charge in [0, 0.05) is 5.56 Å². The minimum Gasteiger partial charge on any atom is -0.496 e. The number of hydrogen-bond acceptors (Lipinski definition) is 5. The first-order valence-electron chi connectivity index (χ1n) is 5.00. The first-order chi connectivity index (χ1) is 7.83. The van der Waals surface area contributed by atoms with Gasteiger partial charge in [0.25, 0.3) is 10.1 Å². The number of methoxy groups -OCH3 is 1. The van der Waals surface area contributed by atoms with Crippen LogP contribution >= 0.6 is 0 Å². The molecule has 0 bridgehead atoms. The smallest absolute Gasteiger partial charge is 0.264 e. The molecule has 1 rings (SSSR count). The second kappa shape index (κ2) is 5.48. The number of aliphatic hydroxyl groups is 1. The van der Waals surface area contributed by atoms with E-state index in [1.807, 2.05) is 13.0 Å². The average Bonchev–Trinajstić information content (AvgIpc) is 2.25. The van der Waals surface area contributed by atoms with Crippen LogP contribution in [0.2, 0.25) is 0 Å². The van der Waals surface area contributed by atoms with Gasteiger partial charge in [-0.3, -0.25) is 4.18 Å². The number of aliphatic hydroxyl groups excluding tert-OH is 1. The van der Waals surface area contributed by atoms with Gasteiger partial charge in [-0.25, -0.2) is 0 Å². The van der Waals surface area contributed by atoms with Gasteiger partial charge in [-0.05, 0) is 19.1 Å². The van der Waals surface area contributed by atoms with Crippen molar-refractivity contribution in [1.82, 2.24) is 0 Å². The number of hydrogen-bond donors (Lipinski definition) is 1. The van der Waals surface area contributed by atoms with Crippen molar-refractivity contribution >= 4 is 10.1 Å². The molecule has 0 radical (unpaired) electrons. The van der Waals surface area contributed by atoms with Crippen molar-refractivity contribution in [3.8, 4) is 5.75 Å². The van der Waals surface area contributed by atoms with Gasteiger partial charge in [0.2, 0.25) is 0 Å². The second-order valence-corrected chi connectivity index (χ2v) is 5.39. The number of benzene rings is 1. The maximum Gasteiger partial charge on any atom is 0.264 e. The Morgan fingerprint density at radius 3 is 2.59 bits per heavy atom. The van der Waals surface area contributed by atoms with Crippen LogP contribution in [-0.2, 0) is 14.3 Å². The van der Waals surface area contributed by atoms with Crippen LogP contribution in [0.3, 0.4) is 0 Å². The predicted octanol–water partition coefficient (Wildman–Crippen LogP) is 1.01. The molecule has 0 fully saturated rings. The summed E-state index contributed by atoms with van der Waals surface area (Å²) >= 11 is 0. The van der Waals surface area contributed by atoms with E-state index in [1.54, 1.807) is 12.1 Å². The molecule has 1 aromatic carbocycles. The summed E-state index contributed by atoms with van der Waals surface area (Å²) in [5, 5.41) is 9.85. The lowest BCUT2D eigenvalue weighted by molar-refractivity contribution is 0.109. The quantitative estimate of drug-likeness (QED) is 0.800. The largest absolute Gasteiger partial charge is 0.496 e. The van der Waals surface area contributed by atoms with Crippen molar-refractivity contribution in [3.05, 3.63) is 29.3 Å². The number of ether oxygens (including phenoxy) is 1. The first kappa shape index (κ1) is 14.0. The molecule has 96 valence electrons. The fourth-order valence-electron chi connectivity index (χ4n) is 1.39. The maximum atomic E-state index is 10.8. The Bertz CT molecular complexity index is 481. The summed E-state index contributed by atoms with van der Waals surface area (Å²) in [7, 11) is -2.07. The Morgan fingerprint density at radius 2 is 2.06 bits per heavy atom. The minimum absolute atomic E-state index is 0.321. The van der Waals surface area contributed by atoms with Crippen molar-refractivity contribution in [2.45, 2.75) is 13.0 Å². The predicted molar refractivity (Wildman–Crippen MR) is 63.5 cm³/mol. The molecule has 0 aliphatic heterocycles. The molecule has 0 spiro atoms. The highest BCUT2D eigenvalue weighted by molar-refractivity contribution is 7.85. The zero-order valence-corrected chi connectivity index (χ0v) is 10.8. The lowest BCUT2D eigenvalue weighted by Crippen LogP contribution is -2.12. The van der Waals surface area contributed by atoms with E-state index in [0.717, 1.165) is 11.8 Å². The van der Waals surface area contributed by atoms with E-state index in [4.69, 9.17) is 4.74 Å². The second-order valence-electron chi connectivity index (χ2n) is 3.75. The Balaban J connectivity index is 2.87. The van der Waals surface area contributed by atoms with E-state index < -0.39 is 16.2 Å². The normalized spacial score (nSPS) is 13.4. The Morgan fingerprint density at radius 1 is 1.41 bits per heavy atom. The van der Waals surface area contributed by atoms with Gasteiger partial charge in [-0.1, -0.05) is 11.6 Å². The number of aryl methyl sites for hydroxylation is 1. The summed E-state index contributed by atoms with van der Waals surface area (Å²) in [5.41, 5.74) is 1.45. The average molecular weight is 260 g/mol. The van der Waals surface area contributed by atoms with Crippen LogP contribution in [-0.4, -0.2) is 33.5 Å². The summed E-state index contributed by atoms with van der Waals surface area (Å²) in [6.07, 6.45) is -0.104. The molecule has 1 aromatic rings. The van der Waals surface area contributed by atoms with Crippen molar-refractivity contribution in [1.29, 1.82) is 0 Å². The van der Waals surface area contributed by atoms with Crippen LogP contribution in [0, 0.1) is 6.92 Å². The molecule has 1 unspecified atom stereocenters. The van der Waals surface area contributed by atoms with Crippen molar-refractivity contribution in [2.75, 3.05) is 20.0 Å². The van der Waals surface area contributed by atoms with E-state index in [2.05, 4.69) is 4.18 Å². The van der Waals surface area contributed by atoms with Crippen molar-refractivity contribution in [2.24, 2.45) is 0 Å². The zero-order valence-electron chi connectivity index (χ0n) is 10.0. The Labute approximate surface area is 101 Å². The Kier molecular flexibility index (Phi) is 4.50. The SMILES string of the molecule is COc1ccc(C)cc1C(O)COS(C)(=O)=O. The lowest BCUT2D eigenvalue weighted by atomic mass is 10.1. The van der Waals surface area contributed by atoms with Gasteiger partial charge in [-0.2, -0.15) is 8.42 Å². The monoisotopic (exact) mass is 260 g/mol. The standard InChI is InChI=1S/C11H16O5S/c1-8-4-5-11(15-2)9(6-8)10(12)7-16-17(3,13)14/h4-6,10,12H,7H2,1-3H3. The molecule has 17 heavy (non-hydrogen) atoms. The van der Waals surface area contributed by atoms with Crippen LogP contribution in [0.5, 0.6) is 5.75 Å². The highest BCUT2D eigenvalue weighted by Crippen LogP contribution is 2.26. The zero-order chi connectivity index (χ0) is 13.1. The first-order valence-corrected chi connectivity index (χ1v) is 6.82. The molecule has 0 amide bonds. The molecule has 1 N–H and O–H groups in total. The highest BCUT2D eigenvalue weighted by Gasteiger charge is 2.16.